The van der Waals surface area contributed by atoms with Gasteiger partial charge in [0.05, 0.1) is 22.4 Å². The topological polar surface area (TPSA) is 75.0 Å². The summed E-state index contributed by atoms with van der Waals surface area (Å²) in [7, 11) is 0. The molecule has 0 aliphatic carbocycles. The number of hydrogen-bond donors (Lipinski definition) is 0. The van der Waals surface area contributed by atoms with E-state index in [1.54, 1.807) is 12.4 Å². The number of rotatable bonds is 11. The van der Waals surface area contributed by atoms with Crippen LogP contribution in [0.1, 0.15) is 49.9 Å². The van der Waals surface area contributed by atoms with E-state index in [2.05, 4.69) is 139 Å². The maximum atomic E-state index is 6.67. The standard InChI is InChI=1S/C48H45N5O2/c1-30(2)18-34-22-36(44-20-32(5)12-16-49-44)26-40(24-34)54-38-8-10-42-43-11-9-39(29-47(43)53(46(42)28-38)48-51-14-7-15-52-48)55-41-25-35(19-31(3)4)23-37(27-41)45-21-33(6)13-17-50-45/h7-17,20-31H,18-19H2,1-6H3. The third-order valence-corrected chi connectivity index (χ3v) is 9.58. The number of ether oxygens (including phenoxy) is 2. The molecule has 0 aliphatic rings. The normalized spacial score (nSPS) is 11.6. The van der Waals surface area contributed by atoms with Crippen LogP contribution in [-0.4, -0.2) is 24.5 Å². The van der Waals surface area contributed by atoms with E-state index in [1.165, 1.54) is 22.3 Å². The van der Waals surface area contributed by atoms with Crippen LogP contribution in [0.3, 0.4) is 0 Å². The molecule has 55 heavy (non-hydrogen) atoms. The summed E-state index contributed by atoms with van der Waals surface area (Å²) in [5.41, 5.74) is 10.6. The van der Waals surface area contributed by atoms with E-state index in [0.29, 0.717) is 29.3 Å². The van der Waals surface area contributed by atoms with Crippen LogP contribution in [0, 0.1) is 25.7 Å². The summed E-state index contributed by atoms with van der Waals surface area (Å²) in [6.45, 7) is 13.1. The largest absolute Gasteiger partial charge is 0.457 e. The molecule has 274 valence electrons. The molecule has 4 aromatic carbocycles. The number of hydrogen-bond acceptors (Lipinski definition) is 6. The van der Waals surface area contributed by atoms with Gasteiger partial charge < -0.3 is 9.47 Å². The third kappa shape index (κ3) is 7.97. The molecule has 0 N–H and O–H groups in total. The van der Waals surface area contributed by atoms with Crippen molar-refractivity contribution in [2.45, 2.75) is 54.4 Å². The minimum absolute atomic E-state index is 0.497. The summed E-state index contributed by atoms with van der Waals surface area (Å²) < 4.78 is 15.4. The third-order valence-electron chi connectivity index (χ3n) is 9.58. The van der Waals surface area contributed by atoms with E-state index >= 15 is 0 Å². The Kier molecular flexibility index (Phi) is 9.85. The van der Waals surface area contributed by atoms with Crippen molar-refractivity contribution in [3.05, 3.63) is 150 Å². The lowest BCUT2D eigenvalue weighted by molar-refractivity contribution is 0.482. The molecule has 8 aromatic rings. The predicted molar refractivity (Wildman–Crippen MR) is 222 cm³/mol. The highest BCUT2D eigenvalue weighted by Gasteiger charge is 2.18. The van der Waals surface area contributed by atoms with E-state index in [4.69, 9.17) is 9.47 Å². The number of aryl methyl sites for hydroxylation is 2. The molecule has 0 fully saturated rings. The zero-order valence-corrected chi connectivity index (χ0v) is 32.2. The molecule has 7 heteroatoms. The van der Waals surface area contributed by atoms with Gasteiger partial charge in [0, 0.05) is 58.8 Å². The highest BCUT2D eigenvalue weighted by atomic mass is 16.5. The first-order chi connectivity index (χ1) is 26.6. The molecule has 7 nitrogen and oxygen atoms in total. The number of benzene rings is 4. The Hall–Kier alpha value is -6.34. The van der Waals surface area contributed by atoms with Crippen molar-refractivity contribution in [3.8, 4) is 51.5 Å². The van der Waals surface area contributed by atoms with Gasteiger partial charge in [-0.2, -0.15) is 0 Å². The molecule has 0 radical (unpaired) electrons. The van der Waals surface area contributed by atoms with E-state index in [9.17, 15) is 0 Å². The van der Waals surface area contributed by atoms with Crippen LogP contribution in [-0.2, 0) is 12.8 Å². The van der Waals surface area contributed by atoms with Crippen molar-refractivity contribution in [2.24, 2.45) is 11.8 Å². The summed E-state index contributed by atoms with van der Waals surface area (Å²) >= 11 is 0. The van der Waals surface area contributed by atoms with Crippen molar-refractivity contribution in [1.29, 1.82) is 0 Å². The minimum Gasteiger partial charge on any atom is -0.457 e. The van der Waals surface area contributed by atoms with Crippen LogP contribution in [0.4, 0.5) is 0 Å². The highest BCUT2D eigenvalue weighted by Crippen LogP contribution is 2.38. The van der Waals surface area contributed by atoms with Gasteiger partial charge in [-0.3, -0.25) is 14.5 Å². The summed E-state index contributed by atoms with van der Waals surface area (Å²) in [6.07, 6.45) is 9.13. The van der Waals surface area contributed by atoms with Crippen LogP contribution in [0.15, 0.2) is 128 Å². The maximum Gasteiger partial charge on any atom is 0.234 e. The number of aromatic nitrogens is 5. The predicted octanol–water partition coefficient (Wildman–Crippen LogP) is 12.3. The molecular formula is C48H45N5O2. The second-order valence-corrected chi connectivity index (χ2v) is 15.3. The van der Waals surface area contributed by atoms with Crippen LogP contribution >= 0.6 is 0 Å². The maximum absolute atomic E-state index is 6.67. The molecule has 0 spiro atoms. The minimum atomic E-state index is 0.497. The number of fused-ring (bicyclic) bond motifs is 3. The van der Waals surface area contributed by atoms with E-state index < -0.39 is 0 Å². The molecule has 0 unspecified atom stereocenters. The quantitative estimate of drug-likeness (QED) is 0.132. The van der Waals surface area contributed by atoms with Crippen LogP contribution in [0.25, 0.3) is 50.3 Å². The van der Waals surface area contributed by atoms with Gasteiger partial charge in [-0.25, -0.2) is 9.97 Å². The van der Waals surface area contributed by atoms with Gasteiger partial charge in [-0.1, -0.05) is 27.7 Å². The smallest absolute Gasteiger partial charge is 0.234 e. The van der Waals surface area contributed by atoms with Gasteiger partial charge >= 0.3 is 0 Å². The van der Waals surface area contributed by atoms with Gasteiger partial charge in [0.2, 0.25) is 5.95 Å². The van der Waals surface area contributed by atoms with Crippen molar-refractivity contribution < 1.29 is 9.47 Å². The van der Waals surface area contributed by atoms with Gasteiger partial charge in [-0.15, -0.1) is 0 Å². The van der Waals surface area contributed by atoms with Crippen LogP contribution < -0.4 is 9.47 Å². The fourth-order valence-corrected chi connectivity index (χ4v) is 7.30. The summed E-state index contributed by atoms with van der Waals surface area (Å²) in [5.74, 6) is 4.53. The molecule has 0 atom stereocenters. The molecule has 4 aromatic heterocycles. The molecule has 0 saturated carbocycles. The Labute approximate surface area is 322 Å². The fraction of sp³-hybridized carbons (Fsp3) is 0.208. The Bertz CT molecular complexity index is 2480. The van der Waals surface area contributed by atoms with Gasteiger partial charge in [-0.05, 0) is 152 Å². The highest BCUT2D eigenvalue weighted by molar-refractivity contribution is 6.09. The first-order valence-electron chi connectivity index (χ1n) is 19.0. The Morgan fingerprint density at radius 3 is 1.40 bits per heavy atom. The Balaban J connectivity index is 1.20. The first kappa shape index (κ1) is 35.7. The van der Waals surface area contributed by atoms with Crippen molar-refractivity contribution >= 4 is 21.8 Å². The lowest BCUT2D eigenvalue weighted by Crippen LogP contribution is -2.00. The average molecular weight is 724 g/mol. The second-order valence-electron chi connectivity index (χ2n) is 15.3. The fourth-order valence-electron chi connectivity index (χ4n) is 7.30. The lowest BCUT2D eigenvalue weighted by Gasteiger charge is -2.13. The summed E-state index contributed by atoms with van der Waals surface area (Å²) in [4.78, 5) is 18.7. The number of nitrogens with zero attached hydrogens (tertiary/aromatic N) is 5. The Morgan fingerprint density at radius 2 is 0.964 bits per heavy atom. The van der Waals surface area contributed by atoms with Crippen molar-refractivity contribution in [1.82, 2.24) is 24.5 Å². The molecule has 0 saturated heterocycles. The average Bonchev–Trinajstić information content (AvgIpc) is 3.47. The first-order valence-corrected chi connectivity index (χ1v) is 19.0. The molecule has 0 amide bonds. The molecular weight excluding hydrogens is 679 g/mol. The van der Waals surface area contributed by atoms with E-state index in [-0.39, 0.29) is 0 Å². The van der Waals surface area contributed by atoms with Crippen LogP contribution in [0.5, 0.6) is 23.0 Å². The zero-order valence-electron chi connectivity index (χ0n) is 32.2. The summed E-state index contributed by atoms with van der Waals surface area (Å²) in [5, 5.41) is 2.12. The van der Waals surface area contributed by atoms with E-state index in [0.717, 1.165) is 68.7 Å². The molecule has 0 aliphatic heterocycles. The van der Waals surface area contributed by atoms with Gasteiger partial charge in [0.15, 0.2) is 0 Å². The van der Waals surface area contributed by atoms with Crippen molar-refractivity contribution in [2.75, 3.05) is 0 Å². The molecule has 4 heterocycles. The van der Waals surface area contributed by atoms with Crippen molar-refractivity contribution in [3.63, 3.8) is 0 Å². The number of pyridine rings is 2. The molecule has 8 rings (SSSR count). The zero-order chi connectivity index (χ0) is 38.1. The summed E-state index contributed by atoms with van der Waals surface area (Å²) in [6, 6.07) is 35.4. The monoisotopic (exact) mass is 723 g/mol. The van der Waals surface area contributed by atoms with Crippen LogP contribution in [0.2, 0.25) is 0 Å². The lowest BCUT2D eigenvalue weighted by atomic mass is 9.99. The molecule has 0 bridgehead atoms. The second kappa shape index (κ2) is 15.2. The van der Waals surface area contributed by atoms with Gasteiger partial charge in [0.1, 0.15) is 23.0 Å². The SMILES string of the molecule is Cc1ccnc(-c2cc(CC(C)C)cc(Oc3ccc4c5ccc(Oc6cc(CC(C)C)cc(-c7cc(C)ccn7)c6)cc5n(-c5ncccn5)c4c3)c2)c1. The van der Waals surface area contributed by atoms with E-state index in [1.807, 2.05) is 42.7 Å². The van der Waals surface area contributed by atoms with Gasteiger partial charge in [0.25, 0.3) is 0 Å². The Morgan fingerprint density at radius 1 is 0.491 bits per heavy atom.